The van der Waals surface area contributed by atoms with E-state index in [1.54, 1.807) is 10.6 Å². The maximum Gasteiger partial charge on any atom is 0.266 e. The van der Waals surface area contributed by atoms with Crippen LogP contribution in [0.1, 0.15) is 47.1 Å². The van der Waals surface area contributed by atoms with Gasteiger partial charge in [0.15, 0.2) is 0 Å². The fourth-order valence-electron chi connectivity index (χ4n) is 2.66. The van der Waals surface area contributed by atoms with Crippen molar-refractivity contribution >= 4 is 11.2 Å². The first-order valence-electron chi connectivity index (χ1n) is 9.62. The van der Waals surface area contributed by atoms with Gasteiger partial charge >= 0.3 is 0 Å². The SMILES string of the molecule is C/C=C\C(=C/C)c1c(-c2ccccc2)nc2ccccn2c1=O.CC.CC. The molecule has 1 aromatic carbocycles. The van der Waals surface area contributed by atoms with Crippen molar-refractivity contribution in [1.29, 1.82) is 0 Å². The number of nitrogens with zero attached hydrogens (tertiary/aromatic N) is 2. The van der Waals surface area contributed by atoms with Crippen molar-refractivity contribution in [3.05, 3.63) is 88.9 Å². The molecule has 0 saturated carbocycles. The molecule has 3 nitrogen and oxygen atoms in total. The predicted molar refractivity (Wildman–Crippen MR) is 118 cm³/mol. The molecule has 27 heavy (non-hydrogen) atoms. The van der Waals surface area contributed by atoms with Crippen molar-refractivity contribution in [2.75, 3.05) is 0 Å². The first kappa shape index (κ1) is 22.1. The van der Waals surface area contributed by atoms with Crippen LogP contribution in [0.2, 0.25) is 0 Å². The molecule has 142 valence electrons. The van der Waals surface area contributed by atoms with Gasteiger partial charge in [-0.3, -0.25) is 9.20 Å². The molecule has 2 heterocycles. The highest BCUT2D eigenvalue weighted by molar-refractivity contribution is 5.83. The first-order valence-corrected chi connectivity index (χ1v) is 9.62. The Labute approximate surface area is 162 Å². The molecule has 0 amide bonds. The van der Waals surface area contributed by atoms with Crippen LogP contribution < -0.4 is 5.56 Å². The second kappa shape index (κ2) is 11.6. The summed E-state index contributed by atoms with van der Waals surface area (Å²) in [6, 6.07) is 15.4. The van der Waals surface area contributed by atoms with E-state index in [-0.39, 0.29) is 5.56 Å². The Kier molecular flexibility index (Phi) is 9.52. The van der Waals surface area contributed by atoms with Crippen LogP contribution in [0, 0.1) is 0 Å². The van der Waals surface area contributed by atoms with Crippen molar-refractivity contribution in [3.63, 3.8) is 0 Å². The Morgan fingerprint density at radius 1 is 0.926 bits per heavy atom. The molecule has 0 N–H and O–H groups in total. The van der Waals surface area contributed by atoms with Crippen LogP contribution in [0.3, 0.4) is 0 Å². The van der Waals surface area contributed by atoms with Crippen molar-refractivity contribution in [2.24, 2.45) is 0 Å². The van der Waals surface area contributed by atoms with Gasteiger partial charge in [-0.15, -0.1) is 0 Å². The lowest BCUT2D eigenvalue weighted by Gasteiger charge is -2.12. The molecule has 3 aromatic rings. The summed E-state index contributed by atoms with van der Waals surface area (Å²) in [6.07, 6.45) is 7.58. The standard InChI is InChI=1S/C20H18N2O.2C2H6/c1-3-10-15(4-2)18-19(16-11-6-5-7-12-16)21-17-13-8-9-14-22(17)20(18)23;2*1-2/h3-14H,1-2H3;2*1-2H3/b10-3-,15-4+;;. The third-order valence-electron chi connectivity index (χ3n) is 3.73. The van der Waals surface area contributed by atoms with E-state index in [0.717, 1.165) is 11.1 Å². The summed E-state index contributed by atoms with van der Waals surface area (Å²) in [4.78, 5) is 17.8. The molecule has 0 saturated heterocycles. The summed E-state index contributed by atoms with van der Waals surface area (Å²) in [5.41, 5.74) is 3.75. The molecule has 0 spiro atoms. The van der Waals surface area contributed by atoms with E-state index in [9.17, 15) is 4.79 Å². The number of hydrogen-bond acceptors (Lipinski definition) is 2. The second-order valence-corrected chi connectivity index (χ2v) is 5.18. The molecular weight excluding hydrogens is 332 g/mol. The van der Waals surface area contributed by atoms with Gasteiger partial charge in [0.25, 0.3) is 5.56 Å². The van der Waals surface area contributed by atoms with E-state index in [1.165, 1.54) is 0 Å². The Bertz CT molecular complexity index is 951. The van der Waals surface area contributed by atoms with Crippen LogP contribution in [0.15, 0.2) is 77.8 Å². The monoisotopic (exact) mass is 362 g/mol. The molecule has 3 heteroatoms. The number of pyridine rings is 1. The van der Waals surface area contributed by atoms with E-state index in [2.05, 4.69) is 0 Å². The van der Waals surface area contributed by atoms with Gasteiger partial charge in [0, 0.05) is 11.8 Å². The van der Waals surface area contributed by atoms with E-state index in [0.29, 0.717) is 16.9 Å². The molecule has 3 rings (SSSR count). The zero-order valence-corrected chi connectivity index (χ0v) is 17.2. The molecular formula is C24H30N2O. The zero-order valence-electron chi connectivity index (χ0n) is 17.2. The largest absolute Gasteiger partial charge is 0.268 e. The lowest BCUT2D eigenvalue weighted by Crippen LogP contribution is -2.20. The van der Waals surface area contributed by atoms with Gasteiger partial charge in [0.2, 0.25) is 0 Å². The first-order chi connectivity index (χ1) is 13.3. The van der Waals surface area contributed by atoms with Gasteiger partial charge < -0.3 is 0 Å². The summed E-state index contributed by atoms with van der Waals surface area (Å²) in [6.45, 7) is 11.9. The molecule has 0 aliphatic rings. The summed E-state index contributed by atoms with van der Waals surface area (Å²) in [7, 11) is 0. The predicted octanol–water partition coefficient (Wildman–Crippen LogP) is 6.39. The molecule has 2 aromatic heterocycles. The van der Waals surface area contributed by atoms with Gasteiger partial charge in [-0.1, -0.05) is 82.3 Å². The molecule has 0 atom stereocenters. The summed E-state index contributed by atoms with van der Waals surface area (Å²) in [5, 5.41) is 0. The molecule has 0 aliphatic carbocycles. The highest BCUT2D eigenvalue weighted by Gasteiger charge is 2.16. The Balaban J connectivity index is 0.000000855. The number of aromatic nitrogens is 2. The van der Waals surface area contributed by atoms with Crippen molar-refractivity contribution in [3.8, 4) is 11.3 Å². The van der Waals surface area contributed by atoms with Crippen LogP contribution in [-0.4, -0.2) is 9.38 Å². The van der Waals surface area contributed by atoms with Crippen molar-refractivity contribution < 1.29 is 0 Å². The lowest BCUT2D eigenvalue weighted by molar-refractivity contribution is 1.04. The highest BCUT2D eigenvalue weighted by atomic mass is 16.1. The third-order valence-corrected chi connectivity index (χ3v) is 3.73. The maximum absolute atomic E-state index is 13.0. The normalized spacial score (nSPS) is 10.8. The Hall–Kier alpha value is -2.94. The highest BCUT2D eigenvalue weighted by Crippen LogP contribution is 2.26. The van der Waals surface area contributed by atoms with Crippen molar-refractivity contribution in [2.45, 2.75) is 41.5 Å². The van der Waals surface area contributed by atoms with Gasteiger partial charge in [-0.25, -0.2) is 4.98 Å². The molecule has 0 unspecified atom stereocenters. The number of rotatable bonds is 3. The molecule has 0 bridgehead atoms. The molecule has 0 fully saturated rings. The number of fused-ring (bicyclic) bond motifs is 1. The average molecular weight is 363 g/mol. The quantitative estimate of drug-likeness (QED) is 0.506. The molecule has 0 radical (unpaired) electrons. The van der Waals surface area contributed by atoms with Crippen LogP contribution in [0.5, 0.6) is 0 Å². The minimum atomic E-state index is -0.0550. The van der Waals surface area contributed by atoms with E-state index in [1.807, 2.05) is 108 Å². The van der Waals surface area contributed by atoms with Crippen molar-refractivity contribution in [1.82, 2.24) is 9.38 Å². The summed E-state index contributed by atoms with van der Waals surface area (Å²) in [5.74, 6) is 0. The van der Waals surface area contributed by atoms with Crippen LogP contribution in [-0.2, 0) is 0 Å². The minimum Gasteiger partial charge on any atom is -0.268 e. The Morgan fingerprint density at radius 2 is 1.56 bits per heavy atom. The zero-order chi connectivity index (χ0) is 20.2. The van der Waals surface area contributed by atoms with Gasteiger partial charge in [0.1, 0.15) is 5.65 Å². The van der Waals surface area contributed by atoms with Crippen LogP contribution in [0.4, 0.5) is 0 Å². The number of hydrogen-bond donors (Lipinski definition) is 0. The fraction of sp³-hybridized carbons (Fsp3) is 0.250. The van der Waals surface area contributed by atoms with E-state index in [4.69, 9.17) is 4.98 Å². The topological polar surface area (TPSA) is 34.4 Å². The smallest absolute Gasteiger partial charge is 0.266 e. The third kappa shape index (κ3) is 5.04. The maximum atomic E-state index is 13.0. The summed E-state index contributed by atoms with van der Waals surface area (Å²) >= 11 is 0. The molecule has 0 aliphatic heterocycles. The van der Waals surface area contributed by atoms with Gasteiger partial charge in [0.05, 0.1) is 11.3 Å². The minimum absolute atomic E-state index is 0.0550. The number of allylic oxidation sites excluding steroid dienone is 4. The van der Waals surface area contributed by atoms with E-state index < -0.39 is 0 Å². The average Bonchev–Trinajstić information content (AvgIpc) is 2.76. The Morgan fingerprint density at radius 3 is 2.15 bits per heavy atom. The van der Waals surface area contributed by atoms with Crippen LogP contribution >= 0.6 is 0 Å². The number of benzene rings is 1. The fourth-order valence-corrected chi connectivity index (χ4v) is 2.66. The van der Waals surface area contributed by atoms with Gasteiger partial charge in [-0.2, -0.15) is 0 Å². The van der Waals surface area contributed by atoms with Crippen LogP contribution in [0.25, 0.3) is 22.5 Å². The van der Waals surface area contributed by atoms with E-state index >= 15 is 0 Å². The second-order valence-electron chi connectivity index (χ2n) is 5.18. The lowest BCUT2D eigenvalue weighted by atomic mass is 9.99. The summed E-state index contributed by atoms with van der Waals surface area (Å²) < 4.78 is 1.59. The van der Waals surface area contributed by atoms with Gasteiger partial charge in [-0.05, 0) is 31.6 Å².